The molecule has 2 heterocycles. The monoisotopic (exact) mass is 467 g/mol. The van der Waals surface area contributed by atoms with E-state index in [0.717, 1.165) is 0 Å². The highest BCUT2D eigenvalue weighted by molar-refractivity contribution is 6.04. The van der Waals surface area contributed by atoms with Gasteiger partial charge in [0.2, 0.25) is 5.88 Å². The van der Waals surface area contributed by atoms with Crippen LogP contribution in [0, 0.1) is 5.82 Å². The maximum Gasteiger partial charge on any atom is 0.255 e. The first kappa shape index (κ1) is 21.8. The maximum atomic E-state index is 13.1. The Morgan fingerprint density at radius 2 is 1.57 bits per heavy atom. The van der Waals surface area contributed by atoms with Gasteiger partial charge in [0.25, 0.3) is 5.91 Å². The summed E-state index contributed by atoms with van der Waals surface area (Å²) in [5.41, 5.74) is 1.00. The molecule has 5 aromatic rings. The second kappa shape index (κ2) is 9.84. The van der Waals surface area contributed by atoms with Gasteiger partial charge in [0.15, 0.2) is 5.82 Å². The Labute approximate surface area is 199 Å². The Morgan fingerprint density at radius 3 is 2.29 bits per heavy atom. The molecule has 1 amide bonds. The minimum absolute atomic E-state index is 0.302. The molecule has 0 radical (unpaired) electrons. The largest absolute Gasteiger partial charge is 0.457 e. The van der Waals surface area contributed by atoms with Gasteiger partial charge in [0, 0.05) is 29.7 Å². The van der Waals surface area contributed by atoms with Crippen LogP contribution in [0.3, 0.4) is 0 Å². The number of nitrogens with zero attached hydrogens (tertiary/aromatic N) is 4. The highest BCUT2D eigenvalue weighted by atomic mass is 19.1. The van der Waals surface area contributed by atoms with Crippen LogP contribution in [0.25, 0.3) is 5.82 Å². The normalized spacial score (nSPS) is 10.5. The van der Waals surface area contributed by atoms with E-state index < -0.39 is 0 Å². The summed E-state index contributed by atoms with van der Waals surface area (Å²) in [6.07, 6.45) is 3.43. The van der Waals surface area contributed by atoms with Crippen molar-refractivity contribution < 1.29 is 18.7 Å². The minimum Gasteiger partial charge on any atom is -0.457 e. The Hall–Kier alpha value is -5.05. The van der Waals surface area contributed by atoms with Crippen LogP contribution >= 0.6 is 0 Å². The van der Waals surface area contributed by atoms with Crippen molar-refractivity contribution in [1.82, 2.24) is 20.0 Å². The molecule has 0 aliphatic rings. The van der Waals surface area contributed by atoms with E-state index in [-0.39, 0.29) is 11.7 Å². The zero-order valence-corrected chi connectivity index (χ0v) is 18.2. The zero-order valence-electron chi connectivity index (χ0n) is 18.2. The van der Waals surface area contributed by atoms with E-state index >= 15 is 0 Å². The summed E-state index contributed by atoms with van der Waals surface area (Å²) < 4.78 is 26.1. The lowest BCUT2D eigenvalue weighted by molar-refractivity contribution is 0.102. The number of rotatable bonds is 7. The molecule has 0 atom stereocenters. The van der Waals surface area contributed by atoms with Crippen LogP contribution in [0.1, 0.15) is 10.4 Å². The van der Waals surface area contributed by atoms with Gasteiger partial charge in [-0.3, -0.25) is 4.79 Å². The van der Waals surface area contributed by atoms with Crippen molar-refractivity contribution in [3.05, 3.63) is 115 Å². The number of hydrogen-bond acceptors (Lipinski definition) is 6. The highest BCUT2D eigenvalue weighted by Gasteiger charge is 2.09. The number of benzene rings is 3. The molecule has 0 aliphatic heterocycles. The van der Waals surface area contributed by atoms with Gasteiger partial charge in [-0.2, -0.15) is 5.10 Å². The predicted octanol–water partition coefficient (Wildman–Crippen LogP) is 5.64. The van der Waals surface area contributed by atoms with Crippen molar-refractivity contribution in [1.29, 1.82) is 0 Å². The Morgan fingerprint density at radius 1 is 0.800 bits per heavy atom. The van der Waals surface area contributed by atoms with Gasteiger partial charge in [-0.15, -0.1) is 10.2 Å². The van der Waals surface area contributed by atoms with Crippen molar-refractivity contribution >= 4 is 11.6 Å². The highest BCUT2D eigenvalue weighted by Crippen LogP contribution is 2.24. The van der Waals surface area contributed by atoms with Gasteiger partial charge in [-0.1, -0.05) is 6.07 Å². The molecule has 9 heteroatoms. The SMILES string of the molecule is O=C(Nc1ccc(Oc2ccc(-n3cccn3)nn2)cc1)c1cccc(Oc2ccc(F)cc2)c1. The van der Waals surface area contributed by atoms with Crippen LogP contribution in [0.15, 0.2) is 103 Å². The fourth-order valence-corrected chi connectivity index (χ4v) is 3.16. The van der Waals surface area contributed by atoms with E-state index in [1.165, 1.54) is 24.3 Å². The minimum atomic E-state index is -0.349. The van der Waals surface area contributed by atoms with E-state index in [1.807, 2.05) is 0 Å². The molecule has 0 aliphatic carbocycles. The number of carbonyl (C=O) groups is 1. The van der Waals surface area contributed by atoms with Crippen molar-refractivity contribution in [3.63, 3.8) is 0 Å². The average Bonchev–Trinajstić information content (AvgIpc) is 3.42. The lowest BCUT2D eigenvalue weighted by Crippen LogP contribution is -2.11. The summed E-state index contributed by atoms with van der Waals surface area (Å²) >= 11 is 0. The number of hydrogen-bond donors (Lipinski definition) is 1. The first-order valence-electron chi connectivity index (χ1n) is 10.6. The quantitative estimate of drug-likeness (QED) is 0.333. The zero-order chi connectivity index (χ0) is 24.0. The van der Waals surface area contributed by atoms with Gasteiger partial charge in [0.1, 0.15) is 23.1 Å². The Bertz CT molecular complexity index is 1420. The summed E-state index contributed by atoms with van der Waals surface area (Å²) in [7, 11) is 0. The fourth-order valence-electron chi connectivity index (χ4n) is 3.16. The number of ether oxygens (including phenoxy) is 2. The average molecular weight is 467 g/mol. The number of aromatic nitrogens is 4. The number of halogens is 1. The molecule has 1 N–H and O–H groups in total. The standard InChI is InChI=1S/C26H18FN5O3/c27-19-5-9-21(10-6-19)34-23-4-1-3-18(17-23)26(33)29-20-7-11-22(12-8-20)35-25-14-13-24(30-31-25)32-16-2-15-28-32/h1-17H,(H,29,33). The van der Waals surface area contributed by atoms with Crippen molar-refractivity contribution in [2.45, 2.75) is 0 Å². The fraction of sp³-hybridized carbons (Fsp3) is 0. The number of carbonyl (C=O) groups excluding carboxylic acids is 1. The second-order valence-electron chi connectivity index (χ2n) is 7.34. The van der Waals surface area contributed by atoms with Crippen LogP contribution in [0.4, 0.5) is 10.1 Å². The third-order valence-corrected chi connectivity index (χ3v) is 4.85. The first-order chi connectivity index (χ1) is 17.1. The summed E-state index contributed by atoms with van der Waals surface area (Å²) in [6, 6.07) is 24.5. The number of anilines is 1. The molecule has 8 nitrogen and oxygen atoms in total. The van der Waals surface area contributed by atoms with Crippen LogP contribution in [-0.2, 0) is 0 Å². The lowest BCUT2D eigenvalue weighted by Gasteiger charge is -2.09. The van der Waals surface area contributed by atoms with Gasteiger partial charge < -0.3 is 14.8 Å². The molecule has 3 aromatic carbocycles. The summed E-state index contributed by atoms with van der Waals surface area (Å²) in [5.74, 6) is 1.73. The van der Waals surface area contributed by atoms with Crippen molar-refractivity contribution in [2.75, 3.05) is 5.32 Å². The smallest absolute Gasteiger partial charge is 0.255 e. The number of amides is 1. The maximum absolute atomic E-state index is 13.1. The van der Waals surface area contributed by atoms with Crippen molar-refractivity contribution in [3.8, 4) is 28.9 Å². The molecule has 5 rings (SSSR count). The molecule has 0 bridgehead atoms. The Balaban J connectivity index is 1.20. The van der Waals surface area contributed by atoms with Crippen LogP contribution in [0.5, 0.6) is 23.1 Å². The lowest BCUT2D eigenvalue weighted by atomic mass is 10.2. The van der Waals surface area contributed by atoms with Crippen LogP contribution in [0.2, 0.25) is 0 Å². The molecule has 35 heavy (non-hydrogen) atoms. The summed E-state index contributed by atoms with van der Waals surface area (Å²) in [5, 5.41) is 15.1. The molecule has 172 valence electrons. The van der Waals surface area contributed by atoms with E-state index in [0.29, 0.717) is 40.2 Å². The van der Waals surface area contributed by atoms with Crippen molar-refractivity contribution in [2.24, 2.45) is 0 Å². The first-order valence-corrected chi connectivity index (χ1v) is 10.6. The predicted molar refractivity (Wildman–Crippen MR) is 127 cm³/mol. The Kier molecular flexibility index (Phi) is 6.12. The molecule has 2 aromatic heterocycles. The number of nitrogens with one attached hydrogen (secondary N) is 1. The van der Waals surface area contributed by atoms with Gasteiger partial charge in [0.05, 0.1) is 0 Å². The van der Waals surface area contributed by atoms with Gasteiger partial charge in [-0.05, 0) is 78.9 Å². The molecule has 0 fully saturated rings. The van der Waals surface area contributed by atoms with E-state index in [1.54, 1.807) is 83.8 Å². The second-order valence-corrected chi connectivity index (χ2v) is 7.34. The third kappa shape index (κ3) is 5.48. The molecule has 0 saturated carbocycles. The molecule has 0 saturated heterocycles. The molecule has 0 spiro atoms. The van der Waals surface area contributed by atoms with Crippen LogP contribution < -0.4 is 14.8 Å². The van der Waals surface area contributed by atoms with E-state index in [4.69, 9.17) is 9.47 Å². The molecular formula is C26H18FN5O3. The summed E-state index contributed by atoms with van der Waals surface area (Å²) in [6.45, 7) is 0. The summed E-state index contributed by atoms with van der Waals surface area (Å²) in [4.78, 5) is 12.7. The van der Waals surface area contributed by atoms with E-state index in [9.17, 15) is 9.18 Å². The molecule has 0 unspecified atom stereocenters. The van der Waals surface area contributed by atoms with Gasteiger partial charge >= 0.3 is 0 Å². The molecular weight excluding hydrogens is 449 g/mol. The van der Waals surface area contributed by atoms with Crippen LogP contribution in [-0.4, -0.2) is 25.9 Å². The topological polar surface area (TPSA) is 91.2 Å². The third-order valence-electron chi connectivity index (χ3n) is 4.85. The van der Waals surface area contributed by atoms with Gasteiger partial charge in [-0.25, -0.2) is 9.07 Å². The van der Waals surface area contributed by atoms with E-state index in [2.05, 4.69) is 20.6 Å².